The number of Topliss-reactive ketones (excluding diaryl/α,β-unsaturated/α-hetero) is 1. The van der Waals surface area contributed by atoms with Crippen molar-refractivity contribution < 1.29 is 9.90 Å². The van der Waals surface area contributed by atoms with Gasteiger partial charge in [0.2, 0.25) is 0 Å². The quantitative estimate of drug-likeness (QED) is 0.750. The Morgan fingerprint density at radius 2 is 2.06 bits per heavy atom. The average molecular weight is 247 g/mol. The molecule has 1 aromatic rings. The summed E-state index contributed by atoms with van der Waals surface area (Å²) in [7, 11) is 0. The van der Waals surface area contributed by atoms with Gasteiger partial charge >= 0.3 is 0 Å². The summed E-state index contributed by atoms with van der Waals surface area (Å²) in [6.45, 7) is 2.76. The molecule has 18 heavy (non-hydrogen) atoms. The summed E-state index contributed by atoms with van der Waals surface area (Å²) in [6.07, 6.45) is 3.10. The number of carbonyl (C=O) groups excluding carboxylic acids is 1. The van der Waals surface area contributed by atoms with Crippen molar-refractivity contribution in [1.29, 1.82) is 0 Å². The summed E-state index contributed by atoms with van der Waals surface area (Å²) >= 11 is 0. The molecule has 1 aromatic carbocycles. The molecule has 3 nitrogen and oxygen atoms in total. The van der Waals surface area contributed by atoms with Crippen molar-refractivity contribution in [3.63, 3.8) is 0 Å². The predicted octanol–water partition coefficient (Wildman–Crippen LogP) is 2.10. The minimum absolute atomic E-state index is 0.0907. The molecular formula is C15H21NO2. The topological polar surface area (TPSA) is 40.5 Å². The van der Waals surface area contributed by atoms with E-state index in [9.17, 15) is 4.79 Å². The van der Waals surface area contributed by atoms with Gasteiger partial charge in [-0.2, -0.15) is 0 Å². The number of nitrogens with zero attached hydrogens (tertiary/aromatic N) is 1. The highest BCUT2D eigenvalue weighted by Crippen LogP contribution is 2.30. The molecule has 0 amide bonds. The molecule has 1 aliphatic carbocycles. The van der Waals surface area contributed by atoms with Gasteiger partial charge in [0.1, 0.15) is 0 Å². The van der Waals surface area contributed by atoms with Gasteiger partial charge in [0.25, 0.3) is 0 Å². The molecule has 1 unspecified atom stereocenters. The standard InChI is InChI=1S/C15H21NO2/c1-2-14(16(10-11-17)13-8-9-13)15(18)12-6-4-3-5-7-12/h3-7,13-14,17H,2,8-11H2,1H3. The van der Waals surface area contributed by atoms with Gasteiger partial charge in [0.15, 0.2) is 5.78 Å². The van der Waals surface area contributed by atoms with E-state index in [-0.39, 0.29) is 18.4 Å². The summed E-state index contributed by atoms with van der Waals surface area (Å²) < 4.78 is 0. The highest BCUT2D eigenvalue weighted by atomic mass is 16.3. The van der Waals surface area contributed by atoms with E-state index in [0.717, 1.165) is 24.8 Å². The van der Waals surface area contributed by atoms with Crippen molar-refractivity contribution in [2.24, 2.45) is 0 Å². The Kier molecular flexibility index (Phi) is 4.50. The number of hydrogen-bond acceptors (Lipinski definition) is 3. The molecule has 0 heterocycles. The molecule has 1 atom stereocenters. The first-order valence-electron chi connectivity index (χ1n) is 6.73. The minimum Gasteiger partial charge on any atom is -0.395 e. The fraction of sp³-hybridized carbons (Fsp3) is 0.533. The molecule has 2 rings (SSSR count). The lowest BCUT2D eigenvalue weighted by Gasteiger charge is -2.29. The van der Waals surface area contributed by atoms with Crippen LogP contribution in [0.1, 0.15) is 36.5 Å². The van der Waals surface area contributed by atoms with Crippen LogP contribution in [0.4, 0.5) is 0 Å². The second-order valence-corrected chi connectivity index (χ2v) is 4.85. The van der Waals surface area contributed by atoms with Crippen LogP contribution in [0.2, 0.25) is 0 Å². The monoisotopic (exact) mass is 247 g/mol. The lowest BCUT2D eigenvalue weighted by molar-refractivity contribution is 0.0759. The molecule has 0 spiro atoms. The Morgan fingerprint density at radius 1 is 1.39 bits per heavy atom. The van der Waals surface area contributed by atoms with E-state index < -0.39 is 0 Å². The van der Waals surface area contributed by atoms with Gasteiger partial charge in [-0.15, -0.1) is 0 Å². The predicted molar refractivity (Wildman–Crippen MR) is 71.7 cm³/mol. The van der Waals surface area contributed by atoms with Crippen LogP contribution in [-0.4, -0.2) is 41.0 Å². The molecule has 0 bridgehead atoms. The zero-order valence-electron chi connectivity index (χ0n) is 10.9. The van der Waals surface area contributed by atoms with Gasteiger partial charge in [-0.3, -0.25) is 9.69 Å². The Hall–Kier alpha value is -1.19. The zero-order valence-corrected chi connectivity index (χ0v) is 10.9. The second-order valence-electron chi connectivity index (χ2n) is 4.85. The first-order valence-corrected chi connectivity index (χ1v) is 6.73. The summed E-state index contributed by atoms with van der Waals surface area (Å²) in [4.78, 5) is 14.7. The van der Waals surface area contributed by atoms with Gasteiger partial charge in [0.05, 0.1) is 12.6 Å². The van der Waals surface area contributed by atoms with Crippen LogP contribution in [-0.2, 0) is 0 Å². The maximum Gasteiger partial charge on any atom is 0.179 e. The molecular weight excluding hydrogens is 226 g/mol. The number of carbonyl (C=O) groups is 1. The number of ketones is 1. The van der Waals surface area contributed by atoms with Gasteiger partial charge in [-0.1, -0.05) is 37.3 Å². The van der Waals surface area contributed by atoms with E-state index in [1.54, 1.807) is 0 Å². The lowest BCUT2D eigenvalue weighted by Crippen LogP contribution is -2.43. The van der Waals surface area contributed by atoms with Gasteiger partial charge < -0.3 is 5.11 Å². The number of aliphatic hydroxyl groups excluding tert-OH is 1. The highest BCUT2D eigenvalue weighted by molar-refractivity contribution is 6.00. The van der Waals surface area contributed by atoms with Crippen molar-refractivity contribution in [1.82, 2.24) is 4.90 Å². The smallest absolute Gasteiger partial charge is 0.179 e. The average Bonchev–Trinajstić information content (AvgIpc) is 3.23. The van der Waals surface area contributed by atoms with Crippen molar-refractivity contribution >= 4 is 5.78 Å². The van der Waals surface area contributed by atoms with Gasteiger partial charge in [-0.25, -0.2) is 0 Å². The van der Waals surface area contributed by atoms with E-state index in [0.29, 0.717) is 12.6 Å². The number of rotatable bonds is 7. The SMILES string of the molecule is CCC(C(=O)c1ccccc1)N(CCO)C1CC1. The normalized spacial score (nSPS) is 16.8. The second kappa shape index (κ2) is 6.12. The Balaban J connectivity index is 2.13. The molecule has 0 radical (unpaired) electrons. The summed E-state index contributed by atoms with van der Waals surface area (Å²) in [5.41, 5.74) is 0.771. The first-order chi connectivity index (χ1) is 8.77. The molecule has 1 N–H and O–H groups in total. The Morgan fingerprint density at radius 3 is 2.56 bits per heavy atom. The van der Waals surface area contributed by atoms with E-state index >= 15 is 0 Å². The van der Waals surface area contributed by atoms with E-state index in [2.05, 4.69) is 4.90 Å². The molecule has 3 heteroatoms. The number of hydrogen-bond donors (Lipinski definition) is 1. The Bertz CT molecular complexity index is 387. The lowest BCUT2D eigenvalue weighted by atomic mass is 10.0. The number of benzene rings is 1. The summed E-state index contributed by atoms with van der Waals surface area (Å²) in [5.74, 6) is 0.179. The fourth-order valence-corrected chi connectivity index (χ4v) is 2.48. The van der Waals surface area contributed by atoms with Crippen LogP contribution in [0.25, 0.3) is 0 Å². The van der Waals surface area contributed by atoms with Crippen molar-refractivity contribution in [2.75, 3.05) is 13.2 Å². The third kappa shape index (κ3) is 2.98. The zero-order chi connectivity index (χ0) is 13.0. The summed E-state index contributed by atoms with van der Waals surface area (Å²) in [5, 5.41) is 9.16. The van der Waals surface area contributed by atoms with Gasteiger partial charge in [0, 0.05) is 18.2 Å². The molecule has 98 valence electrons. The van der Waals surface area contributed by atoms with E-state index in [1.165, 1.54) is 0 Å². The van der Waals surface area contributed by atoms with Crippen LogP contribution in [0, 0.1) is 0 Å². The maximum atomic E-state index is 12.5. The minimum atomic E-state index is -0.0907. The van der Waals surface area contributed by atoms with Crippen LogP contribution >= 0.6 is 0 Å². The van der Waals surface area contributed by atoms with Crippen molar-refractivity contribution in [3.8, 4) is 0 Å². The molecule has 0 aromatic heterocycles. The van der Waals surface area contributed by atoms with Gasteiger partial charge in [-0.05, 0) is 19.3 Å². The third-order valence-corrected chi connectivity index (χ3v) is 3.52. The summed E-state index contributed by atoms with van der Waals surface area (Å²) in [6, 6.07) is 9.86. The molecule has 1 aliphatic rings. The molecule has 0 aliphatic heterocycles. The first kappa shape index (κ1) is 13.2. The largest absolute Gasteiger partial charge is 0.395 e. The number of aliphatic hydroxyl groups is 1. The van der Waals surface area contributed by atoms with Crippen LogP contribution in [0.5, 0.6) is 0 Å². The van der Waals surface area contributed by atoms with Crippen molar-refractivity contribution in [3.05, 3.63) is 35.9 Å². The van der Waals surface area contributed by atoms with E-state index in [1.807, 2.05) is 37.3 Å². The third-order valence-electron chi connectivity index (χ3n) is 3.52. The van der Waals surface area contributed by atoms with Crippen LogP contribution in [0.3, 0.4) is 0 Å². The van der Waals surface area contributed by atoms with Crippen molar-refractivity contribution in [2.45, 2.75) is 38.3 Å². The molecule has 1 saturated carbocycles. The molecule has 0 saturated heterocycles. The fourth-order valence-electron chi connectivity index (χ4n) is 2.48. The van der Waals surface area contributed by atoms with Crippen LogP contribution in [0.15, 0.2) is 30.3 Å². The molecule has 1 fully saturated rings. The van der Waals surface area contributed by atoms with E-state index in [4.69, 9.17) is 5.11 Å². The maximum absolute atomic E-state index is 12.5. The Labute approximate surface area is 108 Å². The highest BCUT2D eigenvalue weighted by Gasteiger charge is 2.36. The van der Waals surface area contributed by atoms with Crippen LogP contribution < -0.4 is 0 Å².